The Morgan fingerprint density at radius 2 is 1.67 bits per heavy atom. The zero-order valence-corrected chi connectivity index (χ0v) is 16.2. The Bertz CT molecular complexity index is 936. The molecule has 0 aliphatic carbocycles. The second-order valence-electron chi connectivity index (χ2n) is 6.43. The van der Waals surface area contributed by atoms with Crippen molar-refractivity contribution in [2.75, 3.05) is 5.32 Å². The van der Waals surface area contributed by atoms with Gasteiger partial charge < -0.3 is 10.6 Å². The number of anilines is 2. The number of rotatable bonds is 5. The summed E-state index contributed by atoms with van der Waals surface area (Å²) in [6.07, 6.45) is 0. The first-order valence-corrected chi connectivity index (χ1v) is 9.04. The van der Waals surface area contributed by atoms with Crippen LogP contribution in [0.3, 0.4) is 0 Å². The number of carbonyl (C=O) groups is 1. The van der Waals surface area contributed by atoms with Crippen LogP contribution in [0.2, 0.25) is 5.02 Å². The van der Waals surface area contributed by atoms with Crippen LogP contribution in [-0.4, -0.2) is 15.9 Å². The Balaban J connectivity index is 1.72. The number of hydrogen-bond acceptors (Lipinski definition) is 4. The Kier molecular flexibility index (Phi) is 5.72. The molecule has 0 bridgehead atoms. The molecule has 1 aromatic heterocycles. The van der Waals surface area contributed by atoms with E-state index in [1.807, 2.05) is 63.2 Å². The van der Waals surface area contributed by atoms with E-state index < -0.39 is 0 Å². The highest BCUT2D eigenvalue weighted by atomic mass is 35.5. The third-order valence-corrected chi connectivity index (χ3v) is 4.33. The smallest absolute Gasteiger partial charge is 0.251 e. The van der Waals surface area contributed by atoms with Gasteiger partial charge in [-0.1, -0.05) is 29.8 Å². The van der Waals surface area contributed by atoms with Gasteiger partial charge in [0.1, 0.15) is 0 Å². The predicted octanol–water partition coefficient (Wildman–Crippen LogP) is 4.98. The lowest BCUT2D eigenvalue weighted by Crippen LogP contribution is -2.26. The van der Waals surface area contributed by atoms with Crippen LogP contribution in [0.4, 0.5) is 11.6 Å². The van der Waals surface area contributed by atoms with Crippen LogP contribution >= 0.6 is 11.6 Å². The fourth-order valence-electron chi connectivity index (χ4n) is 2.76. The van der Waals surface area contributed by atoms with Gasteiger partial charge in [0.2, 0.25) is 5.95 Å². The van der Waals surface area contributed by atoms with Crippen molar-refractivity contribution in [2.45, 2.75) is 26.8 Å². The van der Waals surface area contributed by atoms with Crippen LogP contribution in [0.25, 0.3) is 0 Å². The average molecular weight is 381 g/mol. The van der Waals surface area contributed by atoms with Gasteiger partial charge in [-0.25, -0.2) is 9.97 Å². The van der Waals surface area contributed by atoms with E-state index in [0.717, 1.165) is 22.6 Å². The molecule has 138 valence electrons. The van der Waals surface area contributed by atoms with Crippen LogP contribution in [0, 0.1) is 13.8 Å². The number of amides is 1. The van der Waals surface area contributed by atoms with Gasteiger partial charge in [-0.2, -0.15) is 0 Å². The van der Waals surface area contributed by atoms with E-state index in [4.69, 9.17) is 11.6 Å². The zero-order chi connectivity index (χ0) is 19.4. The Morgan fingerprint density at radius 3 is 2.33 bits per heavy atom. The molecule has 0 spiro atoms. The standard InChI is InChI=1S/C21H21ClN4O/c1-13-11-14(2)24-21(23-13)26-19-6-4-5-17(12-19)20(27)25-15(3)16-7-9-18(22)10-8-16/h4-12,15H,1-3H3,(H,25,27)(H,23,24,26)/t15-/m0/s1. The van der Waals surface area contributed by atoms with Gasteiger partial charge in [-0.3, -0.25) is 4.79 Å². The van der Waals surface area contributed by atoms with Crippen LogP contribution < -0.4 is 10.6 Å². The zero-order valence-electron chi connectivity index (χ0n) is 15.5. The van der Waals surface area contributed by atoms with Crippen molar-refractivity contribution in [3.8, 4) is 0 Å². The summed E-state index contributed by atoms with van der Waals surface area (Å²) in [5.41, 5.74) is 4.08. The largest absolute Gasteiger partial charge is 0.346 e. The third-order valence-electron chi connectivity index (χ3n) is 4.08. The molecule has 2 aromatic carbocycles. The van der Waals surface area contributed by atoms with Gasteiger partial charge in [0.25, 0.3) is 5.91 Å². The van der Waals surface area contributed by atoms with E-state index in [1.165, 1.54) is 0 Å². The van der Waals surface area contributed by atoms with E-state index in [1.54, 1.807) is 12.1 Å². The highest BCUT2D eigenvalue weighted by Crippen LogP contribution is 2.19. The summed E-state index contributed by atoms with van der Waals surface area (Å²) in [6, 6.07) is 16.5. The second kappa shape index (κ2) is 8.18. The topological polar surface area (TPSA) is 66.9 Å². The minimum absolute atomic E-state index is 0.130. The van der Waals surface area contributed by atoms with Gasteiger partial charge in [-0.15, -0.1) is 0 Å². The number of aromatic nitrogens is 2. The molecule has 1 atom stereocenters. The molecule has 27 heavy (non-hydrogen) atoms. The van der Waals surface area contributed by atoms with E-state index >= 15 is 0 Å². The molecular weight excluding hydrogens is 360 g/mol. The maximum atomic E-state index is 12.6. The van der Waals surface area contributed by atoms with Crippen LogP contribution in [0.1, 0.15) is 40.3 Å². The molecule has 0 saturated carbocycles. The van der Waals surface area contributed by atoms with Gasteiger partial charge in [0, 0.05) is 27.7 Å². The molecule has 0 radical (unpaired) electrons. The summed E-state index contributed by atoms with van der Waals surface area (Å²) >= 11 is 5.92. The third kappa shape index (κ3) is 5.05. The number of nitrogens with zero attached hydrogens (tertiary/aromatic N) is 2. The molecule has 0 aliphatic rings. The van der Waals surface area contributed by atoms with E-state index in [0.29, 0.717) is 16.5 Å². The number of hydrogen-bond donors (Lipinski definition) is 2. The average Bonchev–Trinajstić information content (AvgIpc) is 2.61. The van der Waals surface area contributed by atoms with Crippen molar-refractivity contribution in [1.29, 1.82) is 0 Å². The number of aryl methyl sites for hydroxylation is 2. The molecule has 1 amide bonds. The summed E-state index contributed by atoms with van der Waals surface area (Å²) < 4.78 is 0. The second-order valence-corrected chi connectivity index (χ2v) is 6.86. The first-order chi connectivity index (χ1) is 12.9. The fraction of sp³-hybridized carbons (Fsp3) is 0.190. The predicted molar refractivity (Wildman–Crippen MR) is 109 cm³/mol. The van der Waals surface area contributed by atoms with Crippen molar-refractivity contribution in [3.05, 3.63) is 82.1 Å². The lowest BCUT2D eigenvalue weighted by Gasteiger charge is -2.15. The summed E-state index contributed by atoms with van der Waals surface area (Å²) in [7, 11) is 0. The van der Waals surface area contributed by atoms with E-state index in [9.17, 15) is 4.79 Å². The van der Waals surface area contributed by atoms with Gasteiger partial charge in [-0.05, 0) is 62.7 Å². The van der Waals surface area contributed by atoms with Crippen molar-refractivity contribution in [1.82, 2.24) is 15.3 Å². The van der Waals surface area contributed by atoms with Gasteiger partial charge >= 0.3 is 0 Å². The highest BCUT2D eigenvalue weighted by Gasteiger charge is 2.12. The van der Waals surface area contributed by atoms with E-state index in [-0.39, 0.29) is 11.9 Å². The molecule has 2 N–H and O–H groups in total. The Hall–Kier alpha value is -2.92. The van der Waals surface area contributed by atoms with E-state index in [2.05, 4.69) is 20.6 Å². The molecule has 3 aromatic rings. The van der Waals surface area contributed by atoms with Crippen LogP contribution in [0.5, 0.6) is 0 Å². The van der Waals surface area contributed by atoms with Crippen molar-refractivity contribution in [2.24, 2.45) is 0 Å². The molecule has 3 rings (SSSR count). The SMILES string of the molecule is Cc1cc(C)nc(Nc2cccc(C(=O)N[C@@H](C)c3ccc(Cl)cc3)c2)n1. The van der Waals surface area contributed by atoms with Crippen molar-refractivity contribution >= 4 is 29.1 Å². The maximum Gasteiger partial charge on any atom is 0.251 e. The summed E-state index contributed by atoms with van der Waals surface area (Å²) in [5.74, 6) is 0.363. The number of halogens is 1. The quantitative estimate of drug-likeness (QED) is 0.655. The minimum Gasteiger partial charge on any atom is -0.346 e. The molecule has 6 heteroatoms. The van der Waals surface area contributed by atoms with Gasteiger partial charge in [0.05, 0.1) is 6.04 Å². The highest BCUT2D eigenvalue weighted by molar-refractivity contribution is 6.30. The minimum atomic E-state index is -0.151. The number of carbonyl (C=O) groups excluding carboxylic acids is 1. The molecule has 1 heterocycles. The Morgan fingerprint density at radius 1 is 1.00 bits per heavy atom. The molecule has 5 nitrogen and oxygen atoms in total. The van der Waals surface area contributed by atoms with Crippen molar-refractivity contribution in [3.63, 3.8) is 0 Å². The summed E-state index contributed by atoms with van der Waals surface area (Å²) in [4.78, 5) is 21.3. The lowest BCUT2D eigenvalue weighted by atomic mass is 10.1. The van der Waals surface area contributed by atoms with Gasteiger partial charge in [0.15, 0.2) is 0 Å². The maximum absolute atomic E-state index is 12.6. The van der Waals surface area contributed by atoms with Crippen LogP contribution in [-0.2, 0) is 0 Å². The first kappa shape index (κ1) is 18.9. The first-order valence-electron chi connectivity index (χ1n) is 8.66. The Labute approximate surface area is 163 Å². The lowest BCUT2D eigenvalue weighted by molar-refractivity contribution is 0.0940. The normalized spacial score (nSPS) is 11.7. The molecule has 0 unspecified atom stereocenters. The summed E-state index contributed by atoms with van der Waals surface area (Å²) in [5, 5.41) is 6.83. The summed E-state index contributed by atoms with van der Waals surface area (Å²) in [6.45, 7) is 5.77. The fourth-order valence-corrected chi connectivity index (χ4v) is 2.89. The monoisotopic (exact) mass is 380 g/mol. The van der Waals surface area contributed by atoms with Crippen molar-refractivity contribution < 1.29 is 4.79 Å². The number of benzene rings is 2. The molecular formula is C21H21ClN4O. The molecule has 0 fully saturated rings. The number of nitrogens with one attached hydrogen (secondary N) is 2. The molecule has 0 aliphatic heterocycles. The molecule has 0 saturated heterocycles. The van der Waals surface area contributed by atoms with Crippen LogP contribution in [0.15, 0.2) is 54.6 Å².